The van der Waals surface area contributed by atoms with Crippen molar-refractivity contribution in [2.24, 2.45) is 17.3 Å². The van der Waals surface area contributed by atoms with E-state index in [-0.39, 0.29) is 29.3 Å². The summed E-state index contributed by atoms with van der Waals surface area (Å²) in [5.74, 6) is -2.38. The predicted molar refractivity (Wildman–Crippen MR) is 114 cm³/mol. The molecule has 0 aromatic rings. The molecule has 0 unspecified atom stereocenters. The van der Waals surface area contributed by atoms with E-state index < -0.39 is 17.7 Å². The zero-order chi connectivity index (χ0) is 22.2. The standard InChI is InChI=1S/C24H34O5/c1-16(2)8-7-11-24(6)12-9-21(26)23(28)19(15-18(5)25)20(24)10-13-29-22(27)14-17(3)4/h8-10,13-14,19-20,26H,7,11-12,15H2,1-6H3/b13-10+/t19-,20-,24+/m0/s1. The van der Waals surface area contributed by atoms with Gasteiger partial charge < -0.3 is 14.6 Å². The summed E-state index contributed by atoms with van der Waals surface area (Å²) >= 11 is 0. The molecule has 0 spiro atoms. The second-order valence-electron chi connectivity index (χ2n) is 8.66. The van der Waals surface area contributed by atoms with Gasteiger partial charge in [0.05, 0.1) is 6.26 Å². The summed E-state index contributed by atoms with van der Waals surface area (Å²) in [7, 11) is 0. The molecule has 0 radical (unpaired) electrons. The minimum atomic E-state index is -0.693. The molecular formula is C24H34O5. The molecule has 0 saturated carbocycles. The normalized spacial score (nSPS) is 24.5. The highest BCUT2D eigenvalue weighted by Crippen LogP contribution is 2.46. The molecule has 0 aromatic carbocycles. The van der Waals surface area contributed by atoms with Crippen molar-refractivity contribution in [3.05, 3.63) is 47.5 Å². The molecule has 5 heteroatoms. The number of hydrogen-bond acceptors (Lipinski definition) is 5. The van der Waals surface area contributed by atoms with Gasteiger partial charge in [0, 0.05) is 18.4 Å². The molecule has 0 fully saturated rings. The first-order valence-corrected chi connectivity index (χ1v) is 10.0. The number of aliphatic hydroxyl groups excluding tert-OH is 1. The lowest BCUT2D eigenvalue weighted by Crippen LogP contribution is -2.35. The summed E-state index contributed by atoms with van der Waals surface area (Å²) < 4.78 is 5.16. The van der Waals surface area contributed by atoms with Gasteiger partial charge in [0.25, 0.3) is 0 Å². The lowest BCUT2D eigenvalue weighted by atomic mass is 9.65. The first kappa shape index (κ1) is 24.6. The number of esters is 1. The van der Waals surface area contributed by atoms with Crippen molar-refractivity contribution in [1.29, 1.82) is 0 Å². The number of aliphatic hydroxyl groups is 1. The Bertz CT molecular complexity index is 745. The van der Waals surface area contributed by atoms with Gasteiger partial charge in [0.15, 0.2) is 5.76 Å². The topological polar surface area (TPSA) is 80.7 Å². The number of rotatable bonds is 8. The van der Waals surface area contributed by atoms with Crippen LogP contribution in [0.2, 0.25) is 0 Å². The van der Waals surface area contributed by atoms with E-state index in [2.05, 4.69) is 6.08 Å². The highest BCUT2D eigenvalue weighted by atomic mass is 16.5. The molecule has 0 heterocycles. The highest BCUT2D eigenvalue weighted by Gasteiger charge is 2.43. The zero-order valence-corrected chi connectivity index (χ0v) is 18.5. The first-order chi connectivity index (χ1) is 13.5. The number of Topliss-reactive ketones (excluding diaryl/α,β-unsaturated/α-hetero) is 2. The van der Waals surface area contributed by atoms with Crippen LogP contribution in [0.1, 0.15) is 67.2 Å². The third kappa shape index (κ3) is 7.84. The van der Waals surface area contributed by atoms with E-state index in [0.29, 0.717) is 6.42 Å². The van der Waals surface area contributed by atoms with E-state index in [1.807, 2.05) is 20.8 Å². The smallest absolute Gasteiger partial charge is 0.335 e. The summed E-state index contributed by atoms with van der Waals surface area (Å²) in [5.41, 5.74) is 1.65. The average molecular weight is 403 g/mol. The van der Waals surface area contributed by atoms with E-state index in [4.69, 9.17) is 4.74 Å². The van der Waals surface area contributed by atoms with Gasteiger partial charge in [0.2, 0.25) is 5.78 Å². The Hall–Kier alpha value is -2.43. The second-order valence-corrected chi connectivity index (χ2v) is 8.66. The van der Waals surface area contributed by atoms with E-state index >= 15 is 0 Å². The van der Waals surface area contributed by atoms with Crippen molar-refractivity contribution in [2.45, 2.75) is 67.2 Å². The lowest BCUT2D eigenvalue weighted by Gasteiger charge is -2.38. The Balaban J connectivity index is 3.27. The number of carbonyl (C=O) groups is 3. The van der Waals surface area contributed by atoms with Gasteiger partial charge in [-0.1, -0.05) is 24.1 Å². The molecular weight excluding hydrogens is 368 g/mol. The Morgan fingerprint density at radius 1 is 1.21 bits per heavy atom. The van der Waals surface area contributed by atoms with E-state index in [0.717, 1.165) is 18.4 Å². The zero-order valence-electron chi connectivity index (χ0n) is 18.5. The molecule has 1 aliphatic rings. The van der Waals surface area contributed by atoms with E-state index in [1.165, 1.54) is 24.8 Å². The molecule has 1 rings (SSSR count). The summed E-state index contributed by atoms with van der Waals surface area (Å²) in [4.78, 5) is 36.4. The van der Waals surface area contributed by atoms with Crippen LogP contribution >= 0.6 is 0 Å². The third-order valence-corrected chi connectivity index (χ3v) is 5.24. The fourth-order valence-electron chi connectivity index (χ4n) is 3.72. The van der Waals surface area contributed by atoms with Crippen molar-refractivity contribution in [2.75, 3.05) is 0 Å². The van der Waals surface area contributed by atoms with Crippen LogP contribution in [-0.2, 0) is 19.1 Å². The molecule has 0 aliphatic heterocycles. The number of carbonyl (C=O) groups excluding carboxylic acids is 3. The summed E-state index contributed by atoms with van der Waals surface area (Å²) in [6.45, 7) is 11.1. The molecule has 160 valence electrons. The molecule has 3 atom stereocenters. The van der Waals surface area contributed by atoms with E-state index in [9.17, 15) is 19.5 Å². The van der Waals surface area contributed by atoms with Gasteiger partial charge in [-0.25, -0.2) is 4.79 Å². The van der Waals surface area contributed by atoms with E-state index in [1.54, 1.807) is 26.0 Å². The van der Waals surface area contributed by atoms with Gasteiger partial charge in [-0.05, 0) is 77.4 Å². The number of hydrogen-bond donors (Lipinski definition) is 1. The van der Waals surface area contributed by atoms with Gasteiger partial charge in [-0.2, -0.15) is 0 Å². The average Bonchev–Trinajstić information content (AvgIpc) is 2.66. The minimum Gasteiger partial charge on any atom is -0.505 e. The molecule has 1 N–H and O–H groups in total. The number of ether oxygens (including phenoxy) is 1. The Labute approximate surface area is 174 Å². The Kier molecular flexibility index (Phi) is 9.28. The first-order valence-electron chi connectivity index (χ1n) is 10.0. The van der Waals surface area contributed by atoms with Gasteiger partial charge in [-0.15, -0.1) is 0 Å². The number of ketones is 2. The molecule has 0 aromatic heterocycles. The van der Waals surface area contributed by atoms with Crippen LogP contribution in [0.4, 0.5) is 0 Å². The fourth-order valence-corrected chi connectivity index (χ4v) is 3.72. The van der Waals surface area contributed by atoms with Crippen molar-refractivity contribution < 1.29 is 24.2 Å². The van der Waals surface area contributed by atoms with Crippen LogP contribution in [-0.4, -0.2) is 22.6 Å². The maximum atomic E-state index is 12.8. The Morgan fingerprint density at radius 3 is 2.41 bits per heavy atom. The van der Waals surface area contributed by atoms with Crippen molar-refractivity contribution >= 4 is 17.5 Å². The highest BCUT2D eigenvalue weighted by molar-refractivity contribution is 5.98. The molecule has 0 bridgehead atoms. The second kappa shape index (κ2) is 10.9. The Morgan fingerprint density at radius 2 is 1.86 bits per heavy atom. The van der Waals surface area contributed by atoms with Crippen LogP contribution < -0.4 is 0 Å². The van der Waals surface area contributed by atoms with Crippen molar-refractivity contribution in [1.82, 2.24) is 0 Å². The maximum Gasteiger partial charge on any atom is 0.335 e. The predicted octanol–water partition coefficient (Wildman–Crippen LogP) is 5.39. The van der Waals surface area contributed by atoms with Crippen molar-refractivity contribution in [3.8, 4) is 0 Å². The van der Waals surface area contributed by atoms with Crippen molar-refractivity contribution in [3.63, 3.8) is 0 Å². The summed E-state index contributed by atoms with van der Waals surface area (Å²) in [6.07, 6.45) is 10.2. The summed E-state index contributed by atoms with van der Waals surface area (Å²) in [5, 5.41) is 10.2. The minimum absolute atomic E-state index is 0.0336. The largest absolute Gasteiger partial charge is 0.505 e. The molecule has 29 heavy (non-hydrogen) atoms. The summed E-state index contributed by atoms with van der Waals surface area (Å²) in [6, 6.07) is 0. The van der Waals surface area contributed by atoms with Crippen LogP contribution in [0.15, 0.2) is 47.5 Å². The lowest BCUT2D eigenvalue weighted by molar-refractivity contribution is -0.132. The fraction of sp³-hybridized carbons (Fsp3) is 0.542. The van der Waals surface area contributed by atoms with Gasteiger partial charge in [0.1, 0.15) is 5.78 Å². The quantitative estimate of drug-likeness (QED) is 0.255. The molecule has 0 amide bonds. The number of allylic oxidation sites excluding steroid dienone is 6. The van der Waals surface area contributed by atoms with Crippen LogP contribution in [0, 0.1) is 17.3 Å². The SMILES string of the molecule is CC(=O)C[C@@H]1C(=O)C(O)=CC[C@@](C)(CCC=C(C)C)[C@H]1/C=C/OC(=O)C=C(C)C. The van der Waals surface area contributed by atoms with Crippen LogP contribution in [0.25, 0.3) is 0 Å². The third-order valence-electron chi connectivity index (χ3n) is 5.24. The van der Waals surface area contributed by atoms with Crippen LogP contribution in [0.3, 0.4) is 0 Å². The monoisotopic (exact) mass is 402 g/mol. The van der Waals surface area contributed by atoms with Crippen LogP contribution in [0.5, 0.6) is 0 Å². The van der Waals surface area contributed by atoms with Gasteiger partial charge >= 0.3 is 5.97 Å². The molecule has 5 nitrogen and oxygen atoms in total. The molecule has 0 saturated heterocycles. The maximum absolute atomic E-state index is 12.8. The molecule has 1 aliphatic carbocycles. The van der Waals surface area contributed by atoms with Gasteiger partial charge in [-0.3, -0.25) is 4.79 Å².